The molecule has 0 bridgehead atoms. The summed E-state index contributed by atoms with van der Waals surface area (Å²) in [6.45, 7) is 0. The molecular weight excluding hydrogens is 301 g/mol. The normalized spacial score (nSPS) is 1.00. The minimum Gasteiger partial charge on any atom is 0 e. The van der Waals surface area contributed by atoms with E-state index in [9.17, 15) is 0 Å². The van der Waals surface area contributed by atoms with E-state index in [0.717, 1.165) is 0 Å². The molecule has 1 nitrogen and oxygen atoms in total. The Morgan fingerprint density at radius 2 is 1.25 bits per heavy atom. The molecule has 0 saturated carbocycles. The maximum absolute atomic E-state index is 8.34. The van der Waals surface area contributed by atoms with Crippen LogP contribution in [0.3, 0.4) is 0 Å². The predicted molar refractivity (Wildman–Crippen MR) is 12.2 cm³/mol. The first-order valence-corrected chi connectivity index (χ1v) is 1.37. The molecule has 18 valence electrons. The van der Waals surface area contributed by atoms with Gasteiger partial charge in [-0.15, -0.1) is 0 Å². The van der Waals surface area contributed by atoms with Crippen LogP contribution >= 0.6 is 0 Å². The molecule has 0 aliphatic heterocycles. The van der Waals surface area contributed by atoms with Gasteiger partial charge in [0.05, 0.1) is 0 Å². The molecule has 0 amide bonds. The van der Waals surface area contributed by atoms with Gasteiger partial charge < -0.3 is 0 Å². The molecule has 4 heteroatoms. The Balaban J connectivity index is -0.00000000500. The fourth-order valence-corrected chi connectivity index (χ4v) is 0. The molecule has 0 aromatic rings. The van der Waals surface area contributed by atoms with Gasteiger partial charge in [0.15, 0.2) is 0 Å². The van der Waals surface area contributed by atoms with Gasteiger partial charge in [-0.2, -0.15) is 0 Å². The van der Waals surface area contributed by atoms with Gasteiger partial charge >= 0.3 is 25.6 Å². The van der Waals surface area contributed by atoms with Crippen molar-refractivity contribution in [2.24, 2.45) is 0 Å². The summed E-state index contributed by atoms with van der Waals surface area (Å²) in [4.78, 5) is 0. The Hall–Kier alpha value is 2.11. The average molecular weight is 301 g/mol. The monoisotopic (exact) mass is 304 g/mol. The standard InChI is InChI=1S/O.2Sn.Ti. The van der Waals surface area contributed by atoms with E-state index in [2.05, 4.69) is 0 Å². The second kappa shape index (κ2) is 19.4. The van der Waals surface area contributed by atoms with Gasteiger partial charge in [0.2, 0.25) is 0 Å². The predicted octanol–water partition coefficient (Wildman–Crippen LogP) is -0.883. The van der Waals surface area contributed by atoms with Gasteiger partial charge in [-0.05, 0) is 0 Å². The largest absolute Gasteiger partial charge is 0 e. The Morgan fingerprint density at radius 3 is 1.25 bits per heavy atom. The van der Waals surface area contributed by atoms with Crippen LogP contribution in [0.5, 0.6) is 0 Å². The van der Waals surface area contributed by atoms with Crippen LogP contribution < -0.4 is 0 Å². The Bertz CT molecular complexity index is 6.00. The first-order valence-electron chi connectivity index (χ1n) is 0.204. The minimum absolute atomic E-state index is 0. The first-order chi connectivity index (χ1) is 1.00. The summed E-state index contributed by atoms with van der Waals surface area (Å²) in [6.07, 6.45) is 0. The van der Waals surface area contributed by atoms with Crippen LogP contribution in [0.15, 0.2) is 0 Å². The van der Waals surface area contributed by atoms with Crippen molar-refractivity contribution in [3.05, 3.63) is 0 Å². The van der Waals surface area contributed by atoms with Gasteiger partial charge in [-0.1, -0.05) is 0 Å². The quantitative estimate of drug-likeness (QED) is 0.531. The molecule has 0 aromatic carbocycles. The molecular formula is OSn2Ti. The molecule has 0 aliphatic carbocycles. The van der Waals surface area contributed by atoms with Crippen molar-refractivity contribution in [2.45, 2.75) is 0 Å². The second-order valence-electron chi connectivity index (χ2n) is 0. The summed E-state index contributed by atoms with van der Waals surface area (Å²) in [7, 11) is 0. The van der Waals surface area contributed by atoms with E-state index in [1.165, 1.54) is 0 Å². The van der Waals surface area contributed by atoms with Crippen molar-refractivity contribution in [1.29, 1.82) is 0 Å². The molecule has 0 unspecified atom stereocenters. The van der Waals surface area contributed by atoms with E-state index >= 15 is 0 Å². The molecule has 0 aromatic heterocycles. The molecule has 0 saturated heterocycles. The van der Waals surface area contributed by atoms with E-state index in [4.69, 9.17) is 3.08 Å². The van der Waals surface area contributed by atoms with Crippen molar-refractivity contribution < 1.29 is 24.8 Å². The average Bonchev–Trinajstić information content (AvgIpc) is 1.00. The molecule has 0 aliphatic rings. The summed E-state index contributed by atoms with van der Waals surface area (Å²) in [5.74, 6) is 0. The molecule has 0 N–H and O–H groups in total. The van der Waals surface area contributed by atoms with Crippen molar-refractivity contribution in [2.75, 3.05) is 0 Å². The van der Waals surface area contributed by atoms with E-state index < -0.39 is 0 Å². The van der Waals surface area contributed by atoms with E-state index in [1.54, 1.807) is 0 Å². The van der Waals surface area contributed by atoms with Crippen LogP contribution in [0, 0.1) is 0 Å². The Kier molecular flexibility index (Phi) is 79.9. The SMILES string of the molecule is [O]=[Sn].[Sn].[Ti]. The van der Waals surface area contributed by atoms with Gasteiger partial charge in [-0.3, -0.25) is 0 Å². The van der Waals surface area contributed by atoms with Crippen molar-refractivity contribution >= 4 is 46.4 Å². The zero-order chi connectivity index (χ0) is 2.00. The van der Waals surface area contributed by atoms with Gasteiger partial charge in [0, 0.05) is 45.6 Å². The minimum atomic E-state index is 0. The van der Waals surface area contributed by atoms with Crippen molar-refractivity contribution in [3.8, 4) is 0 Å². The summed E-state index contributed by atoms with van der Waals surface area (Å²) < 4.78 is 8.34. The fraction of sp³-hybridized carbons (Fsp3) is 0. The third-order valence-electron chi connectivity index (χ3n) is 0. The molecule has 0 spiro atoms. The summed E-state index contributed by atoms with van der Waals surface area (Å²) in [5, 5.41) is 0. The maximum atomic E-state index is 8.34. The van der Waals surface area contributed by atoms with Crippen molar-refractivity contribution in [3.63, 3.8) is 0 Å². The zero-order valence-corrected chi connectivity index (χ0v) is 9.18. The van der Waals surface area contributed by atoms with E-state index in [-0.39, 0.29) is 45.6 Å². The van der Waals surface area contributed by atoms with E-state index in [0.29, 0.717) is 22.5 Å². The smallest absolute Gasteiger partial charge is 0 e. The van der Waals surface area contributed by atoms with Crippen LogP contribution in [0.25, 0.3) is 0 Å². The Morgan fingerprint density at radius 1 is 1.25 bits per heavy atom. The van der Waals surface area contributed by atoms with Crippen molar-refractivity contribution in [1.82, 2.24) is 0 Å². The summed E-state index contributed by atoms with van der Waals surface area (Å²) in [6, 6.07) is 0. The topological polar surface area (TPSA) is 17.1 Å². The second-order valence-corrected chi connectivity index (χ2v) is 0. The van der Waals surface area contributed by atoms with Gasteiger partial charge in [-0.25, -0.2) is 0 Å². The molecule has 0 heterocycles. The van der Waals surface area contributed by atoms with Gasteiger partial charge in [0.25, 0.3) is 0 Å². The summed E-state index contributed by atoms with van der Waals surface area (Å²) in [5.41, 5.74) is 0. The third-order valence-corrected chi connectivity index (χ3v) is 0. The number of hydrogen-bond acceptors (Lipinski definition) is 1. The van der Waals surface area contributed by atoms with Crippen LogP contribution in [0.2, 0.25) is 0 Å². The van der Waals surface area contributed by atoms with Crippen LogP contribution in [-0.2, 0) is 24.8 Å². The molecule has 0 rings (SSSR count). The van der Waals surface area contributed by atoms with Gasteiger partial charge in [0.1, 0.15) is 0 Å². The third kappa shape index (κ3) is 8.93. The summed E-state index contributed by atoms with van der Waals surface area (Å²) >= 11 is 0.300. The fourth-order valence-electron chi connectivity index (χ4n) is 0. The molecule has 0 fully saturated rings. The molecule has 4 heavy (non-hydrogen) atoms. The number of rotatable bonds is 0. The van der Waals surface area contributed by atoms with Crippen LogP contribution in [0.4, 0.5) is 0 Å². The zero-order valence-electron chi connectivity index (χ0n) is 1.91. The van der Waals surface area contributed by atoms with Crippen LogP contribution in [-0.4, -0.2) is 46.4 Å². The maximum Gasteiger partial charge on any atom is 0 e. The molecule has 0 atom stereocenters. The van der Waals surface area contributed by atoms with Crippen LogP contribution in [0.1, 0.15) is 0 Å². The molecule has 6 radical (unpaired) electrons. The number of hydrogen-bond donors (Lipinski definition) is 0. The first kappa shape index (κ1) is 16.5. The Labute approximate surface area is 70.2 Å². The van der Waals surface area contributed by atoms with E-state index in [1.807, 2.05) is 0 Å².